The number of rotatable bonds is 4. The number of hydrogen-bond acceptors (Lipinski definition) is 3. The fraction of sp³-hybridized carbons (Fsp3) is 0.364. The molecule has 0 aliphatic heterocycles. The van der Waals surface area contributed by atoms with Crippen LogP contribution in [0, 0.1) is 0 Å². The molecule has 0 atom stereocenters. The predicted octanol–water partition coefficient (Wildman–Crippen LogP) is 1.72. The summed E-state index contributed by atoms with van der Waals surface area (Å²) in [6.45, 7) is 0.261. The van der Waals surface area contributed by atoms with Crippen molar-refractivity contribution < 1.29 is 4.79 Å². The maximum absolute atomic E-state index is 11.4. The van der Waals surface area contributed by atoms with Crippen LogP contribution in [-0.2, 0) is 4.79 Å². The Morgan fingerprint density at radius 2 is 2.25 bits per heavy atom. The molecule has 4 nitrogen and oxygen atoms in total. The van der Waals surface area contributed by atoms with Gasteiger partial charge in [0, 0.05) is 10.5 Å². The van der Waals surface area contributed by atoms with Gasteiger partial charge in [-0.1, -0.05) is 15.9 Å². The number of anilines is 2. The highest BCUT2D eigenvalue weighted by Gasteiger charge is 2.22. The molecule has 1 aliphatic rings. The van der Waals surface area contributed by atoms with Gasteiger partial charge in [0.15, 0.2) is 0 Å². The normalized spacial score (nSPS) is 14.6. The fourth-order valence-corrected chi connectivity index (χ4v) is 1.72. The number of hydrogen-bond donors (Lipinski definition) is 3. The van der Waals surface area contributed by atoms with Gasteiger partial charge in [-0.25, -0.2) is 0 Å². The number of amides is 1. The SMILES string of the molecule is Nc1ccc(Br)cc1NCC(=O)NC1CC1. The van der Waals surface area contributed by atoms with Crippen LogP contribution in [0.25, 0.3) is 0 Å². The highest BCUT2D eigenvalue weighted by molar-refractivity contribution is 9.10. The molecule has 0 saturated heterocycles. The Hall–Kier alpha value is -1.23. The van der Waals surface area contributed by atoms with Crippen molar-refractivity contribution in [2.24, 2.45) is 0 Å². The van der Waals surface area contributed by atoms with E-state index in [1.807, 2.05) is 12.1 Å². The molecule has 1 saturated carbocycles. The van der Waals surface area contributed by atoms with Gasteiger partial charge >= 0.3 is 0 Å². The molecule has 2 rings (SSSR count). The summed E-state index contributed by atoms with van der Waals surface area (Å²) in [5.74, 6) is 0.0156. The van der Waals surface area contributed by atoms with E-state index >= 15 is 0 Å². The van der Waals surface area contributed by atoms with Crippen LogP contribution in [0.2, 0.25) is 0 Å². The van der Waals surface area contributed by atoms with E-state index in [0.29, 0.717) is 11.7 Å². The standard InChI is InChI=1S/C11H14BrN3O/c12-7-1-4-9(13)10(5-7)14-6-11(16)15-8-2-3-8/h1,4-5,8,14H,2-3,6,13H2,(H,15,16). The number of nitrogen functional groups attached to an aromatic ring is 1. The third-order valence-corrected chi connectivity index (χ3v) is 2.89. The second-order valence-electron chi connectivity index (χ2n) is 3.93. The second kappa shape index (κ2) is 4.74. The molecule has 0 unspecified atom stereocenters. The van der Waals surface area contributed by atoms with Gasteiger partial charge in [0.2, 0.25) is 5.91 Å². The van der Waals surface area contributed by atoms with Crippen LogP contribution in [0.4, 0.5) is 11.4 Å². The highest BCUT2D eigenvalue weighted by Crippen LogP contribution is 2.23. The summed E-state index contributed by atoms with van der Waals surface area (Å²) < 4.78 is 0.937. The summed E-state index contributed by atoms with van der Waals surface area (Å²) in [5, 5.41) is 5.92. The van der Waals surface area contributed by atoms with Gasteiger partial charge in [0.1, 0.15) is 0 Å². The summed E-state index contributed by atoms with van der Waals surface area (Å²) >= 11 is 3.36. The fourth-order valence-electron chi connectivity index (χ4n) is 1.36. The summed E-state index contributed by atoms with van der Waals surface area (Å²) in [6.07, 6.45) is 2.20. The monoisotopic (exact) mass is 283 g/mol. The highest BCUT2D eigenvalue weighted by atomic mass is 79.9. The van der Waals surface area contributed by atoms with E-state index in [-0.39, 0.29) is 12.5 Å². The molecule has 0 spiro atoms. The molecule has 0 aromatic heterocycles. The van der Waals surface area contributed by atoms with Crippen molar-refractivity contribution >= 4 is 33.2 Å². The first kappa shape index (κ1) is 11.3. The Kier molecular flexibility index (Phi) is 3.33. The van der Waals surface area contributed by atoms with Crippen molar-refractivity contribution in [1.29, 1.82) is 0 Å². The minimum atomic E-state index is 0.0156. The molecule has 1 aromatic rings. The van der Waals surface area contributed by atoms with Crippen LogP contribution in [0.1, 0.15) is 12.8 Å². The molecule has 0 bridgehead atoms. The van der Waals surface area contributed by atoms with Gasteiger partial charge in [0.25, 0.3) is 0 Å². The summed E-state index contributed by atoms with van der Waals surface area (Å²) in [4.78, 5) is 11.4. The summed E-state index contributed by atoms with van der Waals surface area (Å²) in [7, 11) is 0. The number of nitrogens with one attached hydrogen (secondary N) is 2. The Morgan fingerprint density at radius 1 is 1.50 bits per heavy atom. The molecule has 5 heteroatoms. The lowest BCUT2D eigenvalue weighted by Gasteiger charge is -2.09. The maximum atomic E-state index is 11.4. The Labute approximate surface area is 103 Å². The van der Waals surface area contributed by atoms with Crippen LogP contribution in [0.15, 0.2) is 22.7 Å². The van der Waals surface area contributed by atoms with Crippen LogP contribution in [0.5, 0.6) is 0 Å². The topological polar surface area (TPSA) is 67.1 Å². The molecular weight excluding hydrogens is 270 g/mol. The van der Waals surface area contributed by atoms with Crippen molar-refractivity contribution in [2.75, 3.05) is 17.6 Å². The van der Waals surface area contributed by atoms with Crippen LogP contribution in [-0.4, -0.2) is 18.5 Å². The first-order chi connectivity index (χ1) is 7.65. The average molecular weight is 284 g/mol. The van der Waals surface area contributed by atoms with E-state index in [4.69, 9.17) is 5.73 Å². The van der Waals surface area contributed by atoms with Crippen LogP contribution < -0.4 is 16.4 Å². The molecule has 1 aliphatic carbocycles. The zero-order valence-corrected chi connectivity index (χ0v) is 10.4. The van der Waals surface area contributed by atoms with Gasteiger partial charge in [-0.2, -0.15) is 0 Å². The van der Waals surface area contributed by atoms with Crippen molar-refractivity contribution in [3.8, 4) is 0 Å². The second-order valence-corrected chi connectivity index (χ2v) is 4.84. The first-order valence-electron chi connectivity index (χ1n) is 5.23. The van der Waals surface area contributed by atoms with E-state index in [1.165, 1.54) is 0 Å². The Morgan fingerprint density at radius 3 is 2.94 bits per heavy atom. The Balaban J connectivity index is 1.87. The number of carbonyl (C=O) groups excluding carboxylic acids is 1. The van der Waals surface area contributed by atoms with Crippen molar-refractivity contribution in [1.82, 2.24) is 5.32 Å². The van der Waals surface area contributed by atoms with Crippen molar-refractivity contribution in [3.63, 3.8) is 0 Å². The lowest BCUT2D eigenvalue weighted by molar-refractivity contribution is -0.119. The number of benzene rings is 1. The van der Waals surface area contributed by atoms with Gasteiger partial charge in [-0.3, -0.25) is 4.79 Å². The molecule has 1 fully saturated rings. The van der Waals surface area contributed by atoms with Gasteiger partial charge in [0.05, 0.1) is 17.9 Å². The molecule has 16 heavy (non-hydrogen) atoms. The predicted molar refractivity (Wildman–Crippen MR) is 68.2 cm³/mol. The van der Waals surface area contributed by atoms with Gasteiger partial charge in [-0.05, 0) is 31.0 Å². The quantitative estimate of drug-likeness (QED) is 0.737. The molecule has 0 radical (unpaired) electrons. The van der Waals surface area contributed by atoms with Crippen molar-refractivity contribution in [2.45, 2.75) is 18.9 Å². The lowest BCUT2D eigenvalue weighted by Crippen LogP contribution is -2.31. The zero-order chi connectivity index (χ0) is 11.5. The van der Waals surface area contributed by atoms with E-state index in [1.54, 1.807) is 6.07 Å². The molecular formula is C11H14BrN3O. The summed E-state index contributed by atoms with van der Waals surface area (Å²) in [5.41, 5.74) is 7.19. The van der Waals surface area contributed by atoms with Crippen molar-refractivity contribution in [3.05, 3.63) is 22.7 Å². The number of halogens is 1. The molecule has 0 heterocycles. The largest absolute Gasteiger partial charge is 0.397 e. The van der Waals surface area contributed by atoms with E-state index < -0.39 is 0 Å². The lowest BCUT2D eigenvalue weighted by atomic mass is 10.2. The number of carbonyl (C=O) groups is 1. The first-order valence-corrected chi connectivity index (χ1v) is 6.03. The van der Waals surface area contributed by atoms with Gasteiger partial charge in [-0.15, -0.1) is 0 Å². The smallest absolute Gasteiger partial charge is 0.239 e. The third-order valence-electron chi connectivity index (χ3n) is 2.40. The molecule has 86 valence electrons. The minimum absolute atomic E-state index is 0.0156. The number of nitrogens with two attached hydrogens (primary N) is 1. The maximum Gasteiger partial charge on any atom is 0.239 e. The zero-order valence-electron chi connectivity index (χ0n) is 8.79. The van der Waals surface area contributed by atoms with E-state index in [0.717, 1.165) is 23.0 Å². The van der Waals surface area contributed by atoms with E-state index in [9.17, 15) is 4.79 Å². The average Bonchev–Trinajstić information content (AvgIpc) is 3.03. The summed E-state index contributed by atoms with van der Waals surface area (Å²) in [6, 6.07) is 5.92. The van der Waals surface area contributed by atoms with E-state index in [2.05, 4.69) is 26.6 Å². The van der Waals surface area contributed by atoms with Crippen LogP contribution >= 0.6 is 15.9 Å². The Bertz CT molecular complexity index is 404. The minimum Gasteiger partial charge on any atom is -0.397 e. The molecule has 4 N–H and O–H groups in total. The molecule has 1 aromatic carbocycles. The van der Waals surface area contributed by atoms with Gasteiger partial charge < -0.3 is 16.4 Å². The third kappa shape index (κ3) is 3.13. The molecule has 1 amide bonds. The van der Waals surface area contributed by atoms with Crippen LogP contribution in [0.3, 0.4) is 0 Å².